The number of hydrogen-bond acceptors (Lipinski definition) is 3. The highest BCUT2D eigenvalue weighted by molar-refractivity contribution is 6.34. The fourth-order valence-corrected chi connectivity index (χ4v) is 4.11. The van der Waals surface area contributed by atoms with Gasteiger partial charge in [0, 0.05) is 23.1 Å². The summed E-state index contributed by atoms with van der Waals surface area (Å²) in [6.07, 6.45) is 3.24. The van der Waals surface area contributed by atoms with Crippen LogP contribution in [-0.2, 0) is 6.42 Å². The topological polar surface area (TPSA) is 44.8 Å². The number of aromatic amines is 1. The lowest BCUT2D eigenvalue weighted by atomic mass is 9.99. The Morgan fingerprint density at radius 1 is 1.08 bits per heavy atom. The Hall–Kier alpha value is -1.49. The number of nitrogens with zero attached hydrogens (tertiary/aromatic N) is 3. The summed E-state index contributed by atoms with van der Waals surface area (Å²) in [5.41, 5.74) is 2.77. The van der Waals surface area contributed by atoms with Gasteiger partial charge in [-0.25, -0.2) is 4.98 Å². The van der Waals surface area contributed by atoms with Gasteiger partial charge < -0.3 is 9.88 Å². The SMILES string of the molecule is Clc1cc(Cl)cc(CC[C@@H]2CCN(c3nc4nc(Cl)ccc4[nH]3)C2)c1. The molecule has 2 aromatic heterocycles. The second kappa shape index (κ2) is 7.02. The number of anilines is 1. The number of rotatable bonds is 4. The predicted octanol–water partition coefficient (Wildman–Crippen LogP) is 5.38. The molecule has 25 heavy (non-hydrogen) atoms. The molecular weight excluding hydrogens is 379 g/mol. The molecule has 130 valence electrons. The van der Waals surface area contributed by atoms with Crippen LogP contribution in [0, 0.1) is 5.92 Å². The lowest BCUT2D eigenvalue weighted by Gasteiger charge is -2.15. The van der Waals surface area contributed by atoms with Crippen LogP contribution in [0.4, 0.5) is 5.95 Å². The molecule has 0 amide bonds. The van der Waals surface area contributed by atoms with Crippen LogP contribution in [0.15, 0.2) is 30.3 Å². The average Bonchev–Trinajstić information content (AvgIpc) is 3.18. The Balaban J connectivity index is 1.40. The van der Waals surface area contributed by atoms with Crippen molar-refractivity contribution in [2.24, 2.45) is 5.92 Å². The third-order valence-corrected chi connectivity index (χ3v) is 5.30. The molecule has 7 heteroatoms. The number of aromatic nitrogens is 3. The summed E-state index contributed by atoms with van der Waals surface area (Å²) in [4.78, 5) is 14.4. The summed E-state index contributed by atoms with van der Waals surface area (Å²) in [6, 6.07) is 9.45. The molecule has 3 aromatic rings. The normalized spacial score (nSPS) is 17.6. The quantitative estimate of drug-likeness (QED) is 0.603. The van der Waals surface area contributed by atoms with Crippen molar-refractivity contribution in [2.75, 3.05) is 18.0 Å². The van der Waals surface area contributed by atoms with E-state index >= 15 is 0 Å². The number of hydrogen-bond donors (Lipinski definition) is 1. The number of aryl methyl sites for hydroxylation is 1. The first-order chi connectivity index (χ1) is 12.1. The van der Waals surface area contributed by atoms with Crippen molar-refractivity contribution in [1.29, 1.82) is 0 Å². The molecule has 0 saturated carbocycles. The number of benzene rings is 1. The Labute approximate surface area is 161 Å². The Kier molecular flexibility index (Phi) is 4.76. The van der Waals surface area contributed by atoms with Crippen molar-refractivity contribution in [3.8, 4) is 0 Å². The van der Waals surface area contributed by atoms with E-state index in [1.54, 1.807) is 12.1 Å². The van der Waals surface area contributed by atoms with Gasteiger partial charge in [-0.2, -0.15) is 4.98 Å². The highest BCUT2D eigenvalue weighted by Gasteiger charge is 2.24. The molecule has 1 N–H and O–H groups in total. The summed E-state index contributed by atoms with van der Waals surface area (Å²) < 4.78 is 0. The van der Waals surface area contributed by atoms with E-state index in [0.29, 0.717) is 26.8 Å². The molecule has 1 atom stereocenters. The molecule has 0 radical (unpaired) electrons. The molecule has 4 nitrogen and oxygen atoms in total. The van der Waals surface area contributed by atoms with E-state index in [-0.39, 0.29) is 0 Å². The molecule has 1 aromatic carbocycles. The zero-order chi connectivity index (χ0) is 17.4. The lowest BCUT2D eigenvalue weighted by molar-refractivity contribution is 0.537. The minimum absolute atomic E-state index is 0.463. The number of halogens is 3. The lowest BCUT2D eigenvalue weighted by Crippen LogP contribution is -2.21. The van der Waals surface area contributed by atoms with Crippen LogP contribution in [-0.4, -0.2) is 28.0 Å². The van der Waals surface area contributed by atoms with Crippen LogP contribution < -0.4 is 4.90 Å². The van der Waals surface area contributed by atoms with Crippen molar-refractivity contribution in [3.05, 3.63) is 51.1 Å². The van der Waals surface area contributed by atoms with Crippen molar-refractivity contribution in [1.82, 2.24) is 15.0 Å². The van der Waals surface area contributed by atoms with Gasteiger partial charge >= 0.3 is 0 Å². The van der Waals surface area contributed by atoms with E-state index < -0.39 is 0 Å². The highest BCUT2D eigenvalue weighted by atomic mass is 35.5. The number of nitrogens with one attached hydrogen (secondary N) is 1. The van der Waals surface area contributed by atoms with Gasteiger partial charge in [0.2, 0.25) is 5.95 Å². The van der Waals surface area contributed by atoms with Crippen LogP contribution in [0.5, 0.6) is 0 Å². The van der Waals surface area contributed by atoms with Gasteiger partial charge in [-0.05, 0) is 61.1 Å². The third kappa shape index (κ3) is 3.86. The van der Waals surface area contributed by atoms with Gasteiger partial charge in [-0.15, -0.1) is 0 Å². The van der Waals surface area contributed by atoms with Crippen molar-refractivity contribution in [2.45, 2.75) is 19.3 Å². The second-order valence-corrected chi connectivity index (χ2v) is 7.74. The van der Waals surface area contributed by atoms with E-state index in [4.69, 9.17) is 34.8 Å². The molecule has 1 saturated heterocycles. The molecule has 0 bridgehead atoms. The molecule has 4 rings (SSSR count). The van der Waals surface area contributed by atoms with E-state index in [9.17, 15) is 0 Å². The fourth-order valence-electron chi connectivity index (χ4n) is 3.39. The predicted molar refractivity (Wildman–Crippen MR) is 104 cm³/mol. The fraction of sp³-hybridized carbons (Fsp3) is 0.333. The van der Waals surface area contributed by atoms with E-state index in [1.165, 1.54) is 5.56 Å². The summed E-state index contributed by atoms with van der Waals surface area (Å²) >= 11 is 18.1. The van der Waals surface area contributed by atoms with Gasteiger partial charge in [0.15, 0.2) is 5.65 Å². The zero-order valence-corrected chi connectivity index (χ0v) is 15.7. The van der Waals surface area contributed by atoms with Crippen LogP contribution in [0.1, 0.15) is 18.4 Å². The molecule has 1 aliphatic heterocycles. The van der Waals surface area contributed by atoms with Gasteiger partial charge in [0.05, 0.1) is 5.52 Å². The van der Waals surface area contributed by atoms with Gasteiger partial charge in [0.25, 0.3) is 0 Å². The molecule has 0 spiro atoms. The number of fused-ring (bicyclic) bond motifs is 1. The van der Waals surface area contributed by atoms with E-state index in [2.05, 4.69) is 19.9 Å². The molecule has 0 aliphatic carbocycles. The number of H-pyrrole nitrogens is 1. The van der Waals surface area contributed by atoms with Crippen molar-refractivity contribution in [3.63, 3.8) is 0 Å². The summed E-state index contributed by atoms with van der Waals surface area (Å²) in [5, 5.41) is 1.86. The molecule has 3 heterocycles. The largest absolute Gasteiger partial charge is 0.342 e. The summed E-state index contributed by atoms with van der Waals surface area (Å²) in [6.45, 7) is 1.98. The Bertz CT molecular complexity index is 888. The van der Waals surface area contributed by atoms with Crippen molar-refractivity contribution >= 4 is 51.9 Å². The van der Waals surface area contributed by atoms with Crippen LogP contribution in [0.2, 0.25) is 15.2 Å². The standard InChI is InChI=1S/C18H17Cl3N4/c19-13-7-12(8-14(20)9-13)2-1-11-5-6-25(10-11)18-22-15-3-4-16(21)23-17(15)24-18/h3-4,7-9,11H,1-2,5-6,10H2,(H,22,23,24)/t11-/m1/s1. The first-order valence-electron chi connectivity index (χ1n) is 8.29. The second-order valence-electron chi connectivity index (χ2n) is 6.48. The van der Waals surface area contributed by atoms with Crippen molar-refractivity contribution < 1.29 is 0 Å². The Morgan fingerprint density at radius 3 is 2.68 bits per heavy atom. The molecule has 0 unspecified atom stereocenters. The summed E-state index contributed by atoms with van der Waals surface area (Å²) in [5.74, 6) is 1.50. The number of imidazole rings is 1. The monoisotopic (exact) mass is 394 g/mol. The highest BCUT2D eigenvalue weighted by Crippen LogP contribution is 2.28. The van der Waals surface area contributed by atoms with Gasteiger partial charge in [-0.1, -0.05) is 34.8 Å². The maximum Gasteiger partial charge on any atom is 0.205 e. The van der Waals surface area contributed by atoms with Crippen LogP contribution >= 0.6 is 34.8 Å². The average molecular weight is 396 g/mol. The first-order valence-corrected chi connectivity index (χ1v) is 9.42. The van der Waals surface area contributed by atoms with E-state index in [1.807, 2.05) is 18.2 Å². The Morgan fingerprint density at radius 2 is 1.88 bits per heavy atom. The molecular formula is C18H17Cl3N4. The number of pyridine rings is 1. The minimum atomic E-state index is 0.463. The third-order valence-electron chi connectivity index (χ3n) is 4.65. The van der Waals surface area contributed by atoms with E-state index in [0.717, 1.165) is 43.8 Å². The molecule has 1 aliphatic rings. The minimum Gasteiger partial charge on any atom is -0.342 e. The summed E-state index contributed by atoms with van der Waals surface area (Å²) in [7, 11) is 0. The first kappa shape index (κ1) is 17.0. The van der Waals surface area contributed by atoms with Gasteiger partial charge in [-0.3, -0.25) is 0 Å². The smallest absolute Gasteiger partial charge is 0.205 e. The molecule has 1 fully saturated rings. The van der Waals surface area contributed by atoms with Gasteiger partial charge in [0.1, 0.15) is 5.15 Å². The van der Waals surface area contributed by atoms with Crippen LogP contribution in [0.25, 0.3) is 11.2 Å². The maximum absolute atomic E-state index is 6.08. The zero-order valence-electron chi connectivity index (χ0n) is 13.5. The maximum atomic E-state index is 6.08. The van der Waals surface area contributed by atoms with Crippen LogP contribution in [0.3, 0.4) is 0 Å².